The van der Waals surface area contributed by atoms with Gasteiger partial charge in [0.05, 0.1) is 0 Å². The first-order chi connectivity index (χ1) is 9.83. The Labute approximate surface area is 125 Å². The highest BCUT2D eigenvalue weighted by Crippen LogP contribution is 1.99. The average molecular weight is 303 g/mol. The van der Waals surface area contributed by atoms with Crippen molar-refractivity contribution < 1.29 is 24.2 Å². The van der Waals surface area contributed by atoms with E-state index >= 15 is 0 Å². The third kappa shape index (κ3) is 7.50. The molecular weight excluding hydrogens is 278 g/mol. The van der Waals surface area contributed by atoms with Crippen molar-refractivity contribution >= 4 is 17.9 Å². The highest BCUT2D eigenvalue weighted by atomic mass is 16.5. The zero-order valence-electron chi connectivity index (χ0n) is 13.1. The van der Waals surface area contributed by atoms with Gasteiger partial charge < -0.3 is 25.0 Å². The van der Waals surface area contributed by atoms with Gasteiger partial charge in [-0.3, -0.25) is 4.79 Å². The summed E-state index contributed by atoms with van der Waals surface area (Å²) in [4.78, 5) is 37.6. The maximum Gasteiger partial charge on any atom is 0.326 e. The van der Waals surface area contributed by atoms with Gasteiger partial charge in [-0.15, -0.1) is 0 Å². The number of carboxylic acid groups (broad SMARTS) is 1. The number of likely N-dealkylation sites (N-methyl/N-ethyl adjacent to an activating group) is 1. The van der Waals surface area contributed by atoms with Crippen LogP contribution in [0.15, 0.2) is 0 Å². The van der Waals surface area contributed by atoms with Crippen LogP contribution in [0.5, 0.6) is 0 Å². The average Bonchev–Trinajstić information content (AvgIpc) is 2.41. The van der Waals surface area contributed by atoms with Crippen molar-refractivity contribution in [1.82, 2.24) is 15.1 Å². The van der Waals surface area contributed by atoms with Crippen molar-refractivity contribution in [2.45, 2.75) is 25.8 Å². The zero-order valence-corrected chi connectivity index (χ0v) is 13.1. The summed E-state index contributed by atoms with van der Waals surface area (Å²) in [5, 5.41) is 11.5. The van der Waals surface area contributed by atoms with Crippen molar-refractivity contribution in [3.63, 3.8) is 0 Å². The Morgan fingerprint density at radius 2 is 1.90 bits per heavy atom. The Kier molecular flexibility index (Phi) is 9.11. The number of ether oxygens (including phenoxy) is 1. The molecule has 0 heterocycles. The summed E-state index contributed by atoms with van der Waals surface area (Å²) < 4.78 is 4.82. The normalized spacial score (nSPS) is 11.6. The van der Waals surface area contributed by atoms with Crippen LogP contribution in [0.1, 0.15) is 19.8 Å². The van der Waals surface area contributed by atoms with Crippen molar-refractivity contribution in [3.8, 4) is 0 Å². The molecule has 8 heteroatoms. The Balaban J connectivity index is 4.70. The second-order valence-corrected chi connectivity index (χ2v) is 4.83. The van der Waals surface area contributed by atoms with Crippen LogP contribution in [-0.4, -0.2) is 79.8 Å². The third-order valence-corrected chi connectivity index (χ3v) is 2.81. The summed E-state index contributed by atoms with van der Waals surface area (Å²) in [6, 6.07) is -1.60. The molecule has 0 aliphatic rings. The first-order valence-electron chi connectivity index (χ1n) is 6.80. The summed E-state index contributed by atoms with van der Waals surface area (Å²) in [7, 11) is 4.66. The van der Waals surface area contributed by atoms with Crippen molar-refractivity contribution in [1.29, 1.82) is 0 Å². The van der Waals surface area contributed by atoms with Gasteiger partial charge in [-0.1, -0.05) is 6.92 Å². The lowest BCUT2D eigenvalue weighted by atomic mass is 10.2. The van der Waals surface area contributed by atoms with Gasteiger partial charge in [0.1, 0.15) is 12.6 Å². The van der Waals surface area contributed by atoms with Gasteiger partial charge in [0.15, 0.2) is 0 Å². The zero-order chi connectivity index (χ0) is 16.4. The molecule has 0 rings (SSSR count). The number of amides is 3. The lowest BCUT2D eigenvalue weighted by Gasteiger charge is -2.25. The maximum absolute atomic E-state index is 12.1. The maximum atomic E-state index is 12.1. The molecule has 8 nitrogen and oxygen atoms in total. The highest BCUT2D eigenvalue weighted by Gasteiger charge is 2.24. The molecule has 122 valence electrons. The number of aliphatic carboxylic acids is 1. The van der Waals surface area contributed by atoms with E-state index in [0.29, 0.717) is 13.0 Å². The monoisotopic (exact) mass is 303 g/mol. The second kappa shape index (κ2) is 9.98. The van der Waals surface area contributed by atoms with Crippen LogP contribution in [-0.2, 0) is 14.3 Å². The van der Waals surface area contributed by atoms with E-state index in [2.05, 4.69) is 5.32 Å². The molecule has 1 atom stereocenters. The summed E-state index contributed by atoms with van der Waals surface area (Å²) >= 11 is 0. The number of carboxylic acids is 1. The number of hydrogen-bond donors (Lipinski definition) is 2. The molecule has 0 aromatic heterocycles. The molecule has 0 aromatic rings. The van der Waals surface area contributed by atoms with E-state index in [4.69, 9.17) is 9.84 Å². The molecule has 0 aliphatic heterocycles. The molecule has 1 unspecified atom stereocenters. The van der Waals surface area contributed by atoms with E-state index in [1.807, 2.05) is 6.92 Å². The molecule has 0 saturated heterocycles. The van der Waals surface area contributed by atoms with Gasteiger partial charge >= 0.3 is 12.0 Å². The number of hydrogen-bond acceptors (Lipinski definition) is 4. The van der Waals surface area contributed by atoms with Crippen LogP contribution in [0.25, 0.3) is 0 Å². The van der Waals surface area contributed by atoms with Gasteiger partial charge in [0.25, 0.3) is 0 Å². The molecule has 3 amide bonds. The molecule has 0 radical (unpaired) electrons. The summed E-state index contributed by atoms with van der Waals surface area (Å²) in [5.74, 6) is -1.35. The summed E-state index contributed by atoms with van der Waals surface area (Å²) in [6.45, 7) is 2.40. The van der Waals surface area contributed by atoms with Gasteiger partial charge in [-0.25, -0.2) is 9.59 Å². The first-order valence-corrected chi connectivity index (χ1v) is 6.80. The largest absolute Gasteiger partial charge is 0.480 e. The van der Waals surface area contributed by atoms with Gasteiger partial charge in [0.2, 0.25) is 5.91 Å². The molecule has 2 N–H and O–H groups in total. The SMILES string of the molecule is CCCN(CC(=O)N(C)C)C(=O)NC(CCOC)C(=O)O. The number of carbonyl (C=O) groups excluding carboxylic acids is 2. The minimum atomic E-state index is -1.13. The standard InChI is InChI=1S/C13H25N3O5/c1-5-7-16(9-11(17)15(2)3)13(20)14-10(12(18)19)6-8-21-4/h10H,5-9H2,1-4H3,(H,14,20)(H,18,19). The fraction of sp³-hybridized carbons (Fsp3) is 0.769. The van der Waals surface area contributed by atoms with Gasteiger partial charge in [0, 0.05) is 40.8 Å². The van der Waals surface area contributed by atoms with E-state index in [9.17, 15) is 14.4 Å². The number of urea groups is 1. The minimum absolute atomic E-state index is 0.0801. The number of methoxy groups -OCH3 is 1. The molecule has 0 bridgehead atoms. The lowest BCUT2D eigenvalue weighted by molar-refractivity contribution is -0.139. The van der Waals surface area contributed by atoms with Crippen LogP contribution < -0.4 is 5.32 Å². The molecule has 0 aliphatic carbocycles. The third-order valence-electron chi connectivity index (χ3n) is 2.81. The van der Waals surface area contributed by atoms with Crippen LogP contribution >= 0.6 is 0 Å². The summed E-state index contributed by atoms with van der Waals surface area (Å²) in [5.41, 5.74) is 0. The minimum Gasteiger partial charge on any atom is -0.480 e. The first kappa shape index (κ1) is 19.2. The fourth-order valence-electron chi connectivity index (χ4n) is 1.56. The molecule has 0 saturated carbocycles. The van der Waals surface area contributed by atoms with Gasteiger partial charge in [-0.05, 0) is 6.42 Å². The van der Waals surface area contributed by atoms with Gasteiger partial charge in [-0.2, -0.15) is 0 Å². The van der Waals surface area contributed by atoms with E-state index in [1.165, 1.54) is 16.9 Å². The van der Waals surface area contributed by atoms with E-state index in [1.54, 1.807) is 14.1 Å². The molecule has 21 heavy (non-hydrogen) atoms. The number of nitrogens with one attached hydrogen (secondary N) is 1. The predicted molar refractivity (Wildman–Crippen MR) is 77.0 cm³/mol. The van der Waals surface area contributed by atoms with E-state index in [0.717, 1.165) is 0 Å². The molecule has 0 aromatic carbocycles. The molecule has 0 spiro atoms. The Bertz CT molecular complexity index is 360. The van der Waals surface area contributed by atoms with Crippen molar-refractivity contribution in [2.75, 3.05) is 40.9 Å². The van der Waals surface area contributed by atoms with Crippen LogP contribution in [0, 0.1) is 0 Å². The van der Waals surface area contributed by atoms with Crippen LogP contribution in [0.2, 0.25) is 0 Å². The topological polar surface area (TPSA) is 99.2 Å². The van der Waals surface area contributed by atoms with Crippen molar-refractivity contribution in [2.24, 2.45) is 0 Å². The predicted octanol–water partition coefficient (Wildman–Crippen LogP) is -0.0141. The number of nitrogens with zero attached hydrogens (tertiary/aromatic N) is 2. The number of carbonyl (C=O) groups is 3. The summed E-state index contributed by atoms with van der Waals surface area (Å²) in [6.07, 6.45) is 0.836. The Morgan fingerprint density at radius 3 is 2.33 bits per heavy atom. The Morgan fingerprint density at radius 1 is 1.29 bits per heavy atom. The quantitative estimate of drug-likeness (QED) is 0.624. The van der Waals surface area contributed by atoms with Crippen LogP contribution in [0.4, 0.5) is 4.79 Å². The van der Waals surface area contributed by atoms with Crippen molar-refractivity contribution in [3.05, 3.63) is 0 Å². The molecule has 0 fully saturated rings. The van der Waals surface area contributed by atoms with E-state index in [-0.39, 0.29) is 25.5 Å². The highest BCUT2D eigenvalue weighted by molar-refractivity contribution is 5.86. The molecular formula is C13H25N3O5. The van der Waals surface area contributed by atoms with E-state index < -0.39 is 18.0 Å². The van der Waals surface area contributed by atoms with Crippen LogP contribution in [0.3, 0.4) is 0 Å². The smallest absolute Gasteiger partial charge is 0.326 e. The second-order valence-electron chi connectivity index (χ2n) is 4.83. The Hall–Kier alpha value is -1.83. The lowest BCUT2D eigenvalue weighted by Crippen LogP contribution is -2.51. The number of rotatable bonds is 9. The fourth-order valence-corrected chi connectivity index (χ4v) is 1.56.